The van der Waals surface area contributed by atoms with Gasteiger partial charge in [-0.05, 0) is 18.6 Å². The number of hydrogen-bond donors (Lipinski definition) is 2. The van der Waals surface area contributed by atoms with Crippen LogP contribution in [0, 0.1) is 5.92 Å². The summed E-state index contributed by atoms with van der Waals surface area (Å²) in [6.45, 7) is -0.118. The largest absolute Gasteiger partial charge is 0.462 e. The van der Waals surface area contributed by atoms with E-state index in [2.05, 4.69) is 0 Å². The van der Waals surface area contributed by atoms with Crippen molar-refractivity contribution >= 4 is 5.97 Å². The SMILES string of the molecule is COC(C[C@H](COC(=O)c1ccccc1)[C@H](O)CCO)OC. The molecule has 1 aromatic carbocycles. The van der Waals surface area contributed by atoms with Gasteiger partial charge >= 0.3 is 5.97 Å². The van der Waals surface area contributed by atoms with Crippen LogP contribution in [0.25, 0.3) is 0 Å². The van der Waals surface area contributed by atoms with Gasteiger partial charge in [-0.25, -0.2) is 4.79 Å². The molecule has 0 spiro atoms. The quantitative estimate of drug-likeness (QED) is 0.499. The molecule has 0 heterocycles. The highest BCUT2D eigenvalue weighted by atomic mass is 16.7. The standard InChI is InChI=1S/C16H24O6/c1-20-15(21-2)10-13(14(18)8-9-17)11-22-16(19)12-6-4-3-5-7-12/h3-7,13-15,17-18H,8-11H2,1-2H3/t13-,14-/m1/s1. The van der Waals surface area contributed by atoms with E-state index in [1.807, 2.05) is 6.07 Å². The fourth-order valence-corrected chi connectivity index (χ4v) is 2.08. The summed E-state index contributed by atoms with van der Waals surface area (Å²) in [5, 5.41) is 19.0. The maximum Gasteiger partial charge on any atom is 0.338 e. The number of rotatable bonds is 10. The molecular weight excluding hydrogens is 288 g/mol. The second-order valence-electron chi connectivity index (χ2n) is 4.94. The average Bonchev–Trinajstić information content (AvgIpc) is 2.56. The number of carbonyl (C=O) groups is 1. The van der Waals surface area contributed by atoms with Crippen LogP contribution in [0.3, 0.4) is 0 Å². The Morgan fingerprint density at radius 1 is 1.18 bits per heavy atom. The van der Waals surface area contributed by atoms with Crippen molar-refractivity contribution in [1.29, 1.82) is 0 Å². The first-order valence-electron chi connectivity index (χ1n) is 7.19. The van der Waals surface area contributed by atoms with Crippen LogP contribution in [-0.4, -0.2) is 56.0 Å². The van der Waals surface area contributed by atoms with Crippen molar-refractivity contribution in [3.05, 3.63) is 35.9 Å². The fourth-order valence-electron chi connectivity index (χ4n) is 2.08. The average molecular weight is 312 g/mol. The molecule has 0 aliphatic heterocycles. The number of carbonyl (C=O) groups excluding carboxylic acids is 1. The van der Waals surface area contributed by atoms with Crippen molar-refractivity contribution in [2.75, 3.05) is 27.4 Å². The zero-order valence-corrected chi connectivity index (χ0v) is 13.0. The Bertz CT molecular complexity index is 418. The Kier molecular flexibility index (Phi) is 8.69. The maximum atomic E-state index is 11.9. The van der Waals surface area contributed by atoms with E-state index in [1.54, 1.807) is 24.3 Å². The Balaban J connectivity index is 2.61. The van der Waals surface area contributed by atoms with E-state index in [9.17, 15) is 9.90 Å². The molecule has 0 aromatic heterocycles. The van der Waals surface area contributed by atoms with Crippen molar-refractivity contribution in [3.8, 4) is 0 Å². The molecule has 1 aromatic rings. The number of esters is 1. The summed E-state index contributed by atoms with van der Waals surface area (Å²) in [6, 6.07) is 8.64. The van der Waals surface area contributed by atoms with Gasteiger partial charge in [-0.1, -0.05) is 18.2 Å². The molecule has 1 rings (SSSR count). The minimum Gasteiger partial charge on any atom is -0.462 e. The lowest BCUT2D eigenvalue weighted by Gasteiger charge is -2.25. The third kappa shape index (κ3) is 6.11. The highest BCUT2D eigenvalue weighted by molar-refractivity contribution is 5.89. The molecule has 0 saturated carbocycles. The number of benzene rings is 1. The van der Waals surface area contributed by atoms with Gasteiger partial charge in [0.25, 0.3) is 0 Å². The Labute approximate surface area is 130 Å². The molecule has 6 heteroatoms. The predicted molar refractivity (Wildman–Crippen MR) is 80.3 cm³/mol. The number of aliphatic hydroxyl groups is 2. The molecule has 0 radical (unpaired) electrons. The van der Waals surface area contributed by atoms with Gasteiger partial charge in [-0.15, -0.1) is 0 Å². The molecule has 0 fully saturated rings. The molecule has 0 saturated heterocycles. The van der Waals surface area contributed by atoms with E-state index in [0.717, 1.165) is 0 Å². The van der Waals surface area contributed by atoms with Crippen molar-refractivity contribution in [2.24, 2.45) is 5.92 Å². The highest BCUT2D eigenvalue weighted by Gasteiger charge is 2.25. The number of aliphatic hydroxyl groups excluding tert-OH is 2. The van der Waals surface area contributed by atoms with E-state index in [4.69, 9.17) is 19.3 Å². The monoisotopic (exact) mass is 312 g/mol. The molecule has 0 amide bonds. The first-order chi connectivity index (χ1) is 10.6. The molecule has 0 bridgehead atoms. The smallest absolute Gasteiger partial charge is 0.338 e. The second-order valence-corrected chi connectivity index (χ2v) is 4.94. The third-order valence-corrected chi connectivity index (χ3v) is 3.43. The van der Waals surface area contributed by atoms with Gasteiger partial charge in [-0.2, -0.15) is 0 Å². The van der Waals surface area contributed by atoms with Gasteiger partial charge in [0.05, 0.1) is 18.3 Å². The van der Waals surface area contributed by atoms with E-state index >= 15 is 0 Å². The molecule has 0 aliphatic rings. The van der Waals surface area contributed by atoms with Crippen LogP contribution in [0.2, 0.25) is 0 Å². The second kappa shape index (κ2) is 10.3. The minimum absolute atomic E-state index is 0.0259. The molecule has 22 heavy (non-hydrogen) atoms. The molecule has 2 atom stereocenters. The van der Waals surface area contributed by atoms with Crippen LogP contribution in [0.1, 0.15) is 23.2 Å². The first kappa shape index (κ1) is 18.6. The van der Waals surface area contributed by atoms with E-state index < -0.39 is 18.4 Å². The van der Waals surface area contributed by atoms with Crippen LogP contribution in [-0.2, 0) is 14.2 Å². The Morgan fingerprint density at radius 3 is 2.36 bits per heavy atom. The first-order valence-corrected chi connectivity index (χ1v) is 7.19. The van der Waals surface area contributed by atoms with E-state index in [1.165, 1.54) is 14.2 Å². The zero-order chi connectivity index (χ0) is 16.4. The lowest BCUT2D eigenvalue weighted by molar-refractivity contribution is -0.126. The molecule has 0 unspecified atom stereocenters. The Morgan fingerprint density at radius 2 is 1.82 bits per heavy atom. The third-order valence-electron chi connectivity index (χ3n) is 3.43. The summed E-state index contributed by atoms with van der Waals surface area (Å²) in [7, 11) is 3.00. The van der Waals surface area contributed by atoms with Gasteiger partial charge < -0.3 is 24.4 Å². The summed E-state index contributed by atoms with van der Waals surface area (Å²) in [6.07, 6.45) is -0.751. The summed E-state index contributed by atoms with van der Waals surface area (Å²) < 4.78 is 15.5. The molecule has 6 nitrogen and oxygen atoms in total. The van der Waals surface area contributed by atoms with Crippen LogP contribution >= 0.6 is 0 Å². The Hall–Kier alpha value is -1.47. The summed E-state index contributed by atoms with van der Waals surface area (Å²) >= 11 is 0. The summed E-state index contributed by atoms with van der Waals surface area (Å²) in [5.74, 6) is -0.835. The fraction of sp³-hybridized carbons (Fsp3) is 0.562. The number of methoxy groups -OCH3 is 2. The van der Waals surface area contributed by atoms with Crippen LogP contribution in [0.5, 0.6) is 0 Å². The van der Waals surface area contributed by atoms with Gasteiger partial charge in [0, 0.05) is 33.2 Å². The van der Waals surface area contributed by atoms with E-state index in [0.29, 0.717) is 12.0 Å². The van der Waals surface area contributed by atoms with Crippen molar-refractivity contribution in [2.45, 2.75) is 25.2 Å². The van der Waals surface area contributed by atoms with E-state index in [-0.39, 0.29) is 25.6 Å². The molecule has 0 aliphatic carbocycles. The number of ether oxygens (including phenoxy) is 3. The molecular formula is C16H24O6. The van der Waals surface area contributed by atoms with Crippen molar-refractivity contribution in [1.82, 2.24) is 0 Å². The van der Waals surface area contributed by atoms with Crippen LogP contribution < -0.4 is 0 Å². The van der Waals surface area contributed by atoms with Crippen molar-refractivity contribution in [3.63, 3.8) is 0 Å². The number of hydrogen-bond acceptors (Lipinski definition) is 6. The minimum atomic E-state index is -0.804. The highest BCUT2D eigenvalue weighted by Crippen LogP contribution is 2.18. The van der Waals surface area contributed by atoms with Crippen LogP contribution in [0.4, 0.5) is 0 Å². The van der Waals surface area contributed by atoms with Gasteiger partial charge in [0.2, 0.25) is 0 Å². The van der Waals surface area contributed by atoms with Gasteiger partial charge in [-0.3, -0.25) is 0 Å². The molecule has 2 N–H and O–H groups in total. The summed E-state index contributed by atoms with van der Waals surface area (Å²) in [5.41, 5.74) is 0.452. The molecule has 124 valence electrons. The lowest BCUT2D eigenvalue weighted by atomic mass is 9.97. The van der Waals surface area contributed by atoms with Gasteiger partial charge in [0.1, 0.15) is 0 Å². The normalized spacial score (nSPS) is 13.9. The topological polar surface area (TPSA) is 85.2 Å². The summed E-state index contributed by atoms with van der Waals surface area (Å²) in [4.78, 5) is 11.9. The maximum absolute atomic E-state index is 11.9. The van der Waals surface area contributed by atoms with Crippen LogP contribution in [0.15, 0.2) is 30.3 Å². The lowest BCUT2D eigenvalue weighted by Crippen LogP contribution is -2.32. The van der Waals surface area contributed by atoms with Crippen molar-refractivity contribution < 1.29 is 29.2 Å². The van der Waals surface area contributed by atoms with Gasteiger partial charge in [0.15, 0.2) is 6.29 Å². The predicted octanol–water partition coefficient (Wildman–Crippen LogP) is 1.21. The zero-order valence-electron chi connectivity index (χ0n) is 13.0.